The van der Waals surface area contributed by atoms with Crippen molar-refractivity contribution in [1.29, 1.82) is 0 Å². The molecule has 2 heterocycles. The maximum Gasteiger partial charge on any atom is 0.243 e. The summed E-state index contributed by atoms with van der Waals surface area (Å²) < 4.78 is 10.4. The first-order valence-corrected chi connectivity index (χ1v) is 5.86. The Morgan fingerprint density at radius 1 is 1.47 bits per heavy atom. The molecule has 2 aromatic rings. The lowest BCUT2D eigenvalue weighted by molar-refractivity contribution is 0.346. The van der Waals surface area contributed by atoms with E-state index in [1.54, 1.807) is 6.26 Å². The number of nitrogens with two attached hydrogens (primary N) is 1. The van der Waals surface area contributed by atoms with E-state index in [0.29, 0.717) is 11.7 Å². The molecule has 0 aliphatic rings. The van der Waals surface area contributed by atoms with Crippen LogP contribution in [0.3, 0.4) is 0 Å². The molecular formula is C12H17N3O2. The average molecular weight is 235 g/mol. The topological polar surface area (TPSA) is 78.1 Å². The van der Waals surface area contributed by atoms with E-state index in [4.69, 9.17) is 14.7 Å². The van der Waals surface area contributed by atoms with Crippen LogP contribution in [-0.2, 0) is 0 Å². The van der Waals surface area contributed by atoms with Crippen molar-refractivity contribution in [3.63, 3.8) is 0 Å². The Hall–Kier alpha value is -1.62. The first-order chi connectivity index (χ1) is 8.22. The van der Waals surface area contributed by atoms with Gasteiger partial charge >= 0.3 is 0 Å². The van der Waals surface area contributed by atoms with Crippen molar-refractivity contribution in [2.45, 2.75) is 39.2 Å². The molecule has 2 N–H and O–H groups in total. The van der Waals surface area contributed by atoms with E-state index < -0.39 is 0 Å². The number of aryl methyl sites for hydroxylation is 1. The minimum atomic E-state index is -0.177. The SMILES string of the molecule is CCCC[C@H](N)c1nc(-c2ccoc2C)no1. The van der Waals surface area contributed by atoms with Crippen LogP contribution in [0.4, 0.5) is 0 Å². The minimum Gasteiger partial charge on any atom is -0.469 e. The molecule has 0 aromatic carbocycles. The number of unbranched alkanes of at least 4 members (excludes halogenated alkanes) is 1. The van der Waals surface area contributed by atoms with Crippen LogP contribution in [0.1, 0.15) is 43.9 Å². The largest absolute Gasteiger partial charge is 0.469 e. The monoisotopic (exact) mass is 235 g/mol. The van der Waals surface area contributed by atoms with Gasteiger partial charge in [0.25, 0.3) is 0 Å². The second kappa shape index (κ2) is 5.14. The zero-order valence-electron chi connectivity index (χ0n) is 10.1. The van der Waals surface area contributed by atoms with E-state index >= 15 is 0 Å². The second-order valence-electron chi connectivity index (χ2n) is 4.10. The van der Waals surface area contributed by atoms with Crippen molar-refractivity contribution in [3.8, 4) is 11.4 Å². The molecule has 2 rings (SSSR count). The highest BCUT2D eigenvalue weighted by Crippen LogP contribution is 2.23. The van der Waals surface area contributed by atoms with Crippen LogP contribution >= 0.6 is 0 Å². The molecular weight excluding hydrogens is 218 g/mol. The van der Waals surface area contributed by atoms with E-state index in [2.05, 4.69) is 17.1 Å². The summed E-state index contributed by atoms with van der Waals surface area (Å²) in [5.74, 6) is 1.81. The molecule has 2 aromatic heterocycles. The fourth-order valence-corrected chi connectivity index (χ4v) is 1.66. The Balaban J connectivity index is 2.13. The van der Waals surface area contributed by atoms with Gasteiger partial charge in [-0.3, -0.25) is 0 Å². The zero-order valence-corrected chi connectivity index (χ0v) is 10.1. The van der Waals surface area contributed by atoms with Crippen molar-refractivity contribution < 1.29 is 8.94 Å². The summed E-state index contributed by atoms with van der Waals surface area (Å²) in [6, 6.07) is 1.64. The molecule has 0 saturated heterocycles. The normalized spacial score (nSPS) is 12.9. The smallest absolute Gasteiger partial charge is 0.243 e. The summed E-state index contributed by atoms with van der Waals surface area (Å²) >= 11 is 0. The zero-order chi connectivity index (χ0) is 12.3. The molecule has 0 unspecified atom stereocenters. The predicted octanol–water partition coefficient (Wildman–Crippen LogP) is 2.83. The van der Waals surface area contributed by atoms with Gasteiger partial charge in [-0.2, -0.15) is 4.98 Å². The minimum absolute atomic E-state index is 0.177. The van der Waals surface area contributed by atoms with Crippen LogP contribution in [0.5, 0.6) is 0 Å². The number of rotatable bonds is 5. The highest BCUT2D eigenvalue weighted by molar-refractivity contribution is 5.56. The molecule has 92 valence electrons. The molecule has 1 atom stereocenters. The molecule has 5 nitrogen and oxygen atoms in total. The summed E-state index contributed by atoms with van der Waals surface area (Å²) in [7, 11) is 0. The molecule has 0 aliphatic heterocycles. The highest BCUT2D eigenvalue weighted by atomic mass is 16.5. The van der Waals surface area contributed by atoms with Gasteiger partial charge in [0.2, 0.25) is 11.7 Å². The first-order valence-electron chi connectivity index (χ1n) is 5.86. The molecule has 0 saturated carbocycles. The summed E-state index contributed by atoms with van der Waals surface area (Å²) in [5.41, 5.74) is 6.82. The maximum absolute atomic E-state index is 5.97. The van der Waals surface area contributed by atoms with Gasteiger partial charge in [-0.25, -0.2) is 0 Å². The van der Waals surface area contributed by atoms with Gasteiger partial charge in [-0.05, 0) is 19.4 Å². The molecule has 0 radical (unpaired) electrons. The summed E-state index contributed by atoms with van der Waals surface area (Å²) in [6.07, 6.45) is 4.64. The van der Waals surface area contributed by atoms with Crippen LogP contribution in [-0.4, -0.2) is 10.1 Å². The molecule has 17 heavy (non-hydrogen) atoms. The van der Waals surface area contributed by atoms with Crippen LogP contribution in [0.2, 0.25) is 0 Å². The fraction of sp³-hybridized carbons (Fsp3) is 0.500. The van der Waals surface area contributed by atoms with Gasteiger partial charge in [-0.15, -0.1) is 0 Å². The van der Waals surface area contributed by atoms with Crippen molar-refractivity contribution in [1.82, 2.24) is 10.1 Å². The fourth-order valence-electron chi connectivity index (χ4n) is 1.66. The van der Waals surface area contributed by atoms with Gasteiger partial charge in [0.05, 0.1) is 17.9 Å². The number of hydrogen-bond acceptors (Lipinski definition) is 5. The molecule has 0 fully saturated rings. The summed E-state index contributed by atoms with van der Waals surface area (Å²) in [4.78, 5) is 4.30. The Morgan fingerprint density at radius 3 is 2.94 bits per heavy atom. The van der Waals surface area contributed by atoms with Gasteiger partial charge in [0.15, 0.2) is 0 Å². The van der Waals surface area contributed by atoms with Gasteiger partial charge in [-0.1, -0.05) is 24.9 Å². The Kier molecular flexibility index (Phi) is 3.58. The highest BCUT2D eigenvalue weighted by Gasteiger charge is 2.17. The van der Waals surface area contributed by atoms with Crippen LogP contribution in [0.15, 0.2) is 21.3 Å². The summed E-state index contributed by atoms with van der Waals surface area (Å²) in [6.45, 7) is 3.99. The standard InChI is InChI=1S/C12H17N3O2/c1-3-4-5-10(13)12-14-11(15-17-12)9-6-7-16-8(9)2/h6-7,10H,3-5,13H2,1-2H3/t10-/m0/s1. The van der Waals surface area contributed by atoms with Crippen LogP contribution < -0.4 is 5.73 Å². The van der Waals surface area contributed by atoms with Crippen molar-refractivity contribution in [2.24, 2.45) is 5.73 Å². The van der Waals surface area contributed by atoms with Crippen molar-refractivity contribution in [2.75, 3.05) is 0 Å². The summed E-state index contributed by atoms with van der Waals surface area (Å²) in [5, 5.41) is 3.92. The van der Waals surface area contributed by atoms with E-state index in [9.17, 15) is 0 Å². The Morgan fingerprint density at radius 2 is 2.29 bits per heavy atom. The third-order valence-corrected chi connectivity index (χ3v) is 2.73. The van der Waals surface area contributed by atoms with Crippen molar-refractivity contribution in [3.05, 3.63) is 24.0 Å². The maximum atomic E-state index is 5.97. The van der Waals surface area contributed by atoms with E-state index in [-0.39, 0.29) is 6.04 Å². The third-order valence-electron chi connectivity index (χ3n) is 2.73. The molecule has 0 amide bonds. The quantitative estimate of drug-likeness (QED) is 0.862. The van der Waals surface area contributed by atoms with Crippen molar-refractivity contribution >= 4 is 0 Å². The lowest BCUT2D eigenvalue weighted by atomic mass is 10.1. The van der Waals surface area contributed by atoms with Gasteiger partial charge in [0.1, 0.15) is 5.76 Å². The predicted molar refractivity (Wildman–Crippen MR) is 63.2 cm³/mol. The second-order valence-corrected chi connectivity index (χ2v) is 4.10. The van der Waals surface area contributed by atoms with E-state index in [1.165, 1.54) is 0 Å². The average Bonchev–Trinajstić information content (AvgIpc) is 2.93. The number of furan rings is 1. The van der Waals surface area contributed by atoms with Gasteiger partial charge in [0, 0.05) is 0 Å². The Bertz CT molecular complexity index is 476. The first kappa shape index (κ1) is 11.9. The van der Waals surface area contributed by atoms with Crippen LogP contribution in [0, 0.1) is 6.92 Å². The lowest BCUT2D eigenvalue weighted by Crippen LogP contribution is -2.10. The number of nitrogens with zero attached hydrogens (tertiary/aromatic N) is 2. The van der Waals surface area contributed by atoms with Gasteiger partial charge < -0.3 is 14.7 Å². The third kappa shape index (κ3) is 2.55. The lowest BCUT2D eigenvalue weighted by Gasteiger charge is -2.03. The molecule has 0 bridgehead atoms. The molecule has 0 aliphatic carbocycles. The Labute approximate surface area is 100.0 Å². The van der Waals surface area contributed by atoms with E-state index in [0.717, 1.165) is 30.6 Å². The van der Waals surface area contributed by atoms with Crippen LogP contribution in [0.25, 0.3) is 11.4 Å². The van der Waals surface area contributed by atoms with E-state index in [1.807, 2.05) is 13.0 Å². The molecule has 5 heteroatoms. The molecule has 0 spiro atoms. The number of hydrogen-bond donors (Lipinski definition) is 1. The number of aromatic nitrogens is 2.